The second kappa shape index (κ2) is 26.8. The van der Waals surface area contributed by atoms with Crippen LogP contribution in [0.25, 0.3) is 0 Å². The number of hydrogen-bond donors (Lipinski definition) is 3. The minimum atomic E-state index is -1.19. The van der Waals surface area contributed by atoms with E-state index in [-0.39, 0.29) is 30.4 Å². The van der Waals surface area contributed by atoms with Crippen LogP contribution in [0.5, 0.6) is 5.75 Å². The molecule has 0 saturated carbocycles. The fourth-order valence-corrected chi connectivity index (χ4v) is 5.18. The highest BCUT2D eigenvalue weighted by atomic mass is 35.5. The van der Waals surface area contributed by atoms with Gasteiger partial charge in [0.25, 0.3) is 5.91 Å². The molecule has 0 radical (unpaired) electrons. The van der Waals surface area contributed by atoms with Crippen molar-refractivity contribution < 1.29 is 29.0 Å². The number of halogens is 1. The first-order valence-corrected chi connectivity index (χ1v) is 19.2. The molecular formula is C45H57ClN2O6. The molecule has 0 aliphatic heterocycles. The lowest BCUT2D eigenvalue weighted by Gasteiger charge is -2.25. The molecule has 0 aliphatic carbocycles. The van der Waals surface area contributed by atoms with E-state index in [4.69, 9.17) is 16.3 Å². The van der Waals surface area contributed by atoms with Crippen LogP contribution >= 0.6 is 11.6 Å². The molecule has 0 saturated heterocycles. The Morgan fingerprint density at radius 2 is 1.20 bits per heavy atom. The summed E-state index contributed by atoms with van der Waals surface area (Å²) < 4.78 is 5.91. The first kappa shape index (κ1) is 45.2. The van der Waals surface area contributed by atoms with Gasteiger partial charge in [0.05, 0.1) is 0 Å². The Morgan fingerprint density at radius 3 is 1.70 bits per heavy atom. The maximum Gasteiger partial charge on any atom is 0.326 e. The number of allylic oxidation sites excluding steroid dienone is 12. The van der Waals surface area contributed by atoms with Crippen LogP contribution in [0, 0.1) is 0 Å². The molecule has 0 aliphatic rings. The quantitative estimate of drug-likeness (QED) is 0.0499. The Kier molecular flexibility index (Phi) is 22.4. The van der Waals surface area contributed by atoms with Crippen molar-refractivity contribution in [1.29, 1.82) is 0 Å². The Balaban J connectivity index is 1.59. The minimum Gasteiger partial charge on any atom is -0.480 e. The number of rotatable bonds is 26. The molecule has 0 fully saturated rings. The van der Waals surface area contributed by atoms with Crippen molar-refractivity contribution in [3.63, 3.8) is 0 Å². The lowest BCUT2D eigenvalue weighted by atomic mass is 10.0. The molecule has 0 heterocycles. The molecule has 1 unspecified atom stereocenters. The van der Waals surface area contributed by atoms with Crippen molar-refractivity contribution in [1.82, 2.24) is 10.6 Å². The third-order valence-electron chi connectivity index (χ3n) is 8.12. The van der Waals surface area contributed by atoms with E-state index >= 15 is 0 Å². The highest BCUT2D eigenvalue weighted by Gasteiger charge is 2.29. The summed E-state index contributed by atoms with van der Waals surface area (Å²) in [5, 5.41) is 15.6. The van der Waals surface area contributed by atoms with Gasteiger partial charge in [0.15, 0.2) is 11.4 Å². The van der Waals surface area contributed by atoms with E-state index in [1.807, 2.05) is 12.2 Å². The summed E-state index contributed by atoms with van der Waals surface area (Å²) in [6.07, 6.45) is 33.1. The molecule has 0 bridgehead atoms. The first-order chi connectivity index (χ1) is 26.0. The highest BCUT2D eigenvalue weighted by molar-refractivity contribution is 6.30. The molecule has 0 spiro atoms. The van der Waals surface area contributed by atoms with Gasteiger partial charge in [-0.1, -0.05) is 91.4 Å². The monoisotopic (exact) mass is 756 g/mol. The van der Waals surface area contributed by atoms with Crippen LogP contribution in [-0.4, -0.2) is 46.9 Å². The van der Waals surface area contributed by atoms with Crippen molar-refractivity contribution in [2.45, 2.75) is 103 Å². The van der Waals surface area contributed by atoms with Gasteiger partial charge in [-0.25, -0.2) is 4.79 Å². The van der Waals surface area contributed by atoms with Gasteiger partial charge in [-0.15, -0.1) is 0 Å². The fourth-order valence-electron chi connectivity index (χ4n) is 5.05. The van der Waals surface area contributed by atoms with Gasteiger partial charge in [0.2, 0.25) is 5.91 Å². The molecule has 9 heteroatoms. The molecular weight excluding hydrogens is 700 g/mol. The zero-order valence-electron chi connectivity index (χ0n) is 32.0. The number of hydrogen-bond acceptors (Lipinski definition) is 5. The Hall–Kier alpha value is -4.95. The van der Waals surface area contributed by atoms with Gasteiger partial charge in [-0.05, 0) is 127 Å². The first-order valence-electron chi connectivity index (χ1n) is 18.8. The van der Waals surface area contributed by atoms with Gasteiger partial charge in [0, 0.05) is 29.1 Å². The van der Waals surface area contributed by atoms with E-state index in [0.29, 0.717) is 47.7 Å². The summed E-state index contributed by atoms with van der Waals surface area (Å²) >= 11 is 5.91. The number of benzene rings is 2. The molecule has 2 rings (SSSR count). The van der Waals surface area contributed by atoms with E-state index in [0.717, 1.165) is 38.5 Å². The van der Waals surface area contributed by atoms with Gasteiger partial charge in [-0.3, -0.25) is 14.4 Å². The van der Waals surface area contributed by atoms with Crippen molar-refractivity contribution in [3.05, 3.63) is 138 Å². The molecule has 8 nitrogen and oxygen atoms in total. The van der Waals surface area contributed by atoms with Gasteiger partial charge < -0.3 is 20.5 Å². The Bertz CT molecular complexity index is 1620. The molecule has 2 aromatic carbocycles. The molecule has 54 heavy (non-hydrogen) atoms. The number of ether oxygens (including phenoxy) is 1. The number of aliphatic carboxylic acids is 1. The van der Waals surface area contributed by atoms with Crippen molar-refractivity contribution in [2.24, 2.45) is 0 Å². The second-order valence-corrected chi connectivity index (χ2v) is 13.6. The molecule has 2 amide bonds. The van der Waals surface area contributed by atoms with E-state index in [2.05, 4.69) is 78.3 Å². The summed E-state index contributed by atoms with van der Waals surface area (Å²) in [6.45, 7) is 5.75. The van der Waals surface area contributed by atoms with Crippen LogP contribution in [0.15, 0.2) is 121 Å². The number of ketones is 1. The summed E-state index contributed by atoms with van der Waals surface area (Å²) in [7, 11) is 0. The van der Waals surface area contributed by atoms with Crippen LogP contribution in [0.2, 0.25) is 5.02 Å². The molecule has 2 aromatic rings. The summed E-state index contributed by atoms with van der Waals surface area (Å²) in [5.74, 6) is -1.45. The maximum atomic E-state index is 12.8. The number of amides is 2. The molecule has 0 aromatic heterocycles. The third kappa shape index (κ3) is 19.8. The van der Waals surface area contributed by atoms with E-state index in [1.54, 1.807) is 62.4 Å². The number of carboxylic acid groups (broad SMARTS) is 1. The Labute approximate surface area is 326 Å². The van der Waals surface area contributed by atoms with Crippen molar-refractivity contribution in [3.8, 4) is 5.75 Å². The zero-order chi connectivity index (χ0) is 39.4. The Morgan fingerprint density at radius 1 is 0.722 bits per heavy atom. The SMILES string of the molecule is CCC=CCC=CCC=CCC=CCC=CCC=CCCC(=O)NC(CCCCNC(=O)C(C)(C)Oc1ccc(C(=O)c2ccc(Cl)cc2)cc1)C(=O)O. The van der Waals surface area contributed by atoms with Crippen LogP contribution in [0.4, 0.5) is 0 Å². The maximum absolute atomic E-state index is 12.8. The van der Waals surface area contributed by atoms with Crippen molar-refractivity contribution in [2.75, 3.05) is 6.54 Å². The number of nitrogens with one attached hydrogen (secondary N) is 2. The van der Waals surface area contributed by atoms with E-state index in [9.17, 15) is 24.3 Å². The standard InChI is InChI=1S/C45H57ClN2O6/c1-4-5-6-7-8-9-10-11-12-13-14-15-16-17-18-19-20-21-22-26-41(49)48-40(43(51)52)25-23-24-35-47-44(53)45(2,3)54-39-33-29-37(30-34-39)42(50)36-27-31-38(46)32-28-36/h5-6,8-9,11-12,14-15,17-18,20-21,27-34,40H,4,7,10,13,16,19,22-26,35H2,1-3H3,(H,47,53)(H,48,49)(H,51,52). The van der Waals surface area contributed by atoms with E-state index in [1.165, 1.54) is 0 Å². The topological polar surface area (TPSA) is 122 Å². The largest absolute Gasteiger partial charge is 0.480 e. The second-order valence-electron chi connectivity index (χ2n) is 13.1. The summed E-state index contributed by atoms with van der Waals surface area (Å²) in [5.41, 5.74) is -0.197. The predicted octanol–water partition coefficient (Wildman–Crippen LogP) is 10.1. The van der Waals surface area contributed by atoms with Crippen LogP contribution < -0.4 is 15.4 Å². The number of carbonyl (C=O) groups excluding carboxylic acids is 3. The molecule has 1 atom stereocenters. The zero-order valence-corrected chi connectivity index (χ0v) is 32.7. The highest BCUT2D eigenvalue weighted by Crippen LogP contribution is 2.21. The minimum absolute atomic E-state index is 0.152. The normalized spacial score (nSPS) is 12.8. The van der Waals surface area contributed by atoms with Crippen LogP contribution in [-0.2, 0) is 14.4 Å². The van der Waals surface area contributed by atoms with Gasteiger partial charge in [0.1, 0.15) is 11.8 Å². The lowest BCUT2D eigenvalue weighted by Crippen LogP contribution is -2.46. The van der Waals surface area contributed by atoms with Crippen molar-refractivity contribution >= 4 is 35.2 Å². The van der Waals surface area contributed by atoms with Gasteiger partial charge >= 0.3 is 5.97 Å². The lowest BCUT2D eigenvalue weighted by molar-refractivity contribution is -0.142. The number of carboxylic acids is 1. The van der Waals surface area contributed by atoms with E-state index < -0.39 is 17.6 Å². The van der Waals surface area contributed by atoms with Crippen LogP contribution in [0.1, 0.15) is 107 Å². The summed E-state index contributed by atoms with van der Waals surface area (Å²) in [6, 6.07) is 12.2. The fraction of sp³-hybridized carbons (Fsp3) is 0.378. The van der Waals surface area contributed by atoms with Crippen LogP contribution in [0.3, 0.4) is 0 Å². The average molecular weight is 757 g/mol. The third-order valence-corrected chi connectivity index (χ3v) is 8.37. The van der Waals surface area contributed by atoms with Gasteiger partial charge in [-0.2, -0.15) is 0 Å². The number of unbranched alkanes of at least 4 members (excludes halogenated alkanes) is 1. The smallest absolute Gasteiger partial charge is 0.326 e. The predicted molar refractivity (Wildman–Crippen MR) is 220 cm³/mol. The average Bonchev–Trinajstić information content (AvgIpc) is 3.15. The summed E-state index contributed by atoms with van der Waals surface area (Å²) in [4.78, 5) is 49.7. The molecule has 290 valence electrons. The molecule has 3 N–H and O–H groups in total. The number of carbonyl (C=O) groups is 4.